The van der Waals surface area contributed by atoms with Crippen molar-refractivity contribution in [3.05, 3.63) is 30.2 Å². The molecule has 5 heteroatoms. The quantitative estimate of drug-likeness (QED) is 0.620. The third-order valence-electron chi connectivity index (χ3n) is 2.60. The van der Waals surface area contributed by atoms with E-state index in [2.05, 4.69) is 16.1 Å². The molecule has 2 heterocycles. The number of halogens is 1. The number of fused-ring (bicyclic) bond motifs is 3. The Balaban J connectivity index is 2.62. The lowest BCUT2D eigenvalue weighted by Gasteiger charge is -2.03. The van der Waals surface area contributed by atoms with Crippen LogP contribution in [0.25, 0.3) is 21.8 Å². The van der Waals surface area contributed by atoms with Crippen LogP contribution in [-0.2, 0) is 7.05 Å². The molecule has 1 aromatic carbocycles. The fourth-order valence-electron chi connectivity index (χ4n) is 1.87. The summed E-state index contributed by atoms with van der Waals surface area (Å²) in [5.74, 6) is -0.0814. The van der Waals surface area contributed by atoms with Crippen molar-refractivity contribution >= 4 is 27.6 Å². The van der Waals surface area contributed by atoms with Gasteiger partial charge in [0.2, 0.25) is 0 Å². The topological polar surface area (TPSA) is 56.7 Å². The first-order chi connectivity index (χ1) is 7.66. The normalized spacial score (nSPS) is 11.4. The molecule has 79 valence electrons. The minimum absolute atomic E-state index is 0.362. The Kier molecular flexibility index (Phi) is 1.65. The number of anilines is 1. The van der Waals surface area contributed by atoms with Gasteiger partial charge in [-0.2, -0.15) is 5.10 Å². The zero-order valence-corrected chi connectivity index (χ0v) is 8.53. The second kappa shape index (κ2) is 2.91. The Morgan fingerprint density at radius 1 is 1.44 bits per heavy atom. The van der Waals surface area contributed by atoms with Crippen molar-refractivity contribution in [1.82, 2.24) is 14.8 Å². The molecule has 2 N–H and O–H groups in total. The molecule has 0 saturated heterocycles. The second-order valence-corrected chi connectivity index (χ2v) is 3.61. The van der Waals surface area contributed by atoms with Gasteiger partial charge in [-0.25, -0.2) is 9.37 Å². The van der Waals surface area contributed by atoms with Crippen LogP contribution in [-0.4, -0.2) is 14.8 Å². The molecule has 0 bridgehead atoms. The molecule has 0 saturated carbocycles. The fraction of sp³-hybridized carbons (Fsp3) is 0.0909. The minimum atomic E-state index is -0.444. The van der Waals surface area contributed by atoms with Gasteiger partial charge >= 0.3 is 0 Å². The number of hydrogen-bond acceptors (Lipinski definition) is 3. The van der Waals surface area contributed by atoms with Gasteiger partial charge in [0.05, 0.1) is 22.6 Å². The summed E-state index contributed by atoms with van der Waals surface area (Å²) < 4.78 is 14.7. The summed E-state index contributed by atoms with van der Waals surface area (Å²) in [4.78, 5) is 4.14. The number of nitrogen functional groups attached to an aromatic ring is 1. The summed E-state index contributed by atoms with van der Waals surface area (Å²) in [5, 5.41) is 5.69. The van der Waals surface area contributed by atoms with Crippen molar-refractivity contribution in [1.29, 1.82) is 0 Å². The van der Waals surface area contributed by atoms with Crippen molar-refractivity contribution < 1.29 is 4.39 Å². The number of aromatic nitrogens is 3. The van der Waals surface area contributed by atoms with E-state index in [1.165, 1.54) is 6.07 Å². The molecule has 3 rings (SSSR count). The minimum Gasteiger partial charge on any atom is -0.383 e. The van der Waals surface area contributed by atoms with Gasteiger partial charge in [-0.15, -0.1) is 0 Å². The number of rotatable bonds is 0. The number of benzene rings is 1. The Morgan fingerprint density at radius 2 is 2.25 bits per heavy atom. The van der Waals surface area contributed by atoms with E-state index < -0.39 is 5.82 Å². The van der Waals surface area contributed by atoms with Crippen LogP contribution < -0.4 is 5.73 Å². The van der Waals surface area contributed by atoms with Crippen LogP contribution in [0.1, 0.15) is 0 Å². The SMILES string of the molecule is Cn1ncc2c(N)nc3cc(F)[c]cc3c21. The van der Waals surface area contributed by atoms with E-state index in [4.69, 9.17) is 5.73 Å². The fourth-order valence-corrected chi connectivity index (χ4v) is 1.87. The Bertz CT molecular complexity index is 702. The molecule has 0 aliphatic rings. The number of aryl methyl sites for hydroxylation is 1. The van der Waals surface area contributed by atoms with Crippen molar-refractivity contribution in [3.63, 3.8) is 0 Å². The van der Waals surface area contributed by atoms with Crippen LogP contribution in [0.15, 0.2) is 18.3 Å². The second-order valence-electron chi connectivity index (χ2n) is 3.61. The molecule has 0 amide bonds. The summed E-state index contributed by atoms with van der Waals surface area (Å²) >= 11 is 0. The first-order valence-electron chi connectivity index (χ1n) is 4.75. The van der Waals surface area contributed by atoms with Gasteiger partial charge < -0.3 is 5.73 Å². The standard InChI is InChI=1S/C11H8FN4/c1-16-10-7-3-2-6(12)4-9(7)15-11(13)8(10)5-14-16/h3-5H,1H3,(H2,13,15). The van der Waals surface area contributed by atoms with E-state index >= 15 is 0 Å². The summed E-state index contributed by atoms with van der Waals surface area (Å²) in [7, 11) is 1.81. The van der Waals surface area contributed by atoms with Gasteiger partial charge in [0.25, 0.3) is 0 Å². The van der Waals surface area contributed by atoms with Crippen LogP contribution in [0.2, 0.25) is 0 Å². The third kappa shape index (κ3) is 1.08. The molecule has 16 heavy (non-hydrogen) atoms. The van der Waals surface area contributed by atoms with Gasteiger partial charge in [0.15, 0.2) is 0 Å². The van der Waals surface area contributed by atoms with E-state index in [0.29, 0.717) is 11.3 Å². The van der Waals surface area contributed by atoms with Gasteiger partial charge in [-0.3, -0.25) is 4.68 Å². The number of hydrogen-bond donors (Lipinski definition) is 1. The average Bonchev–Trinajstić information content (AvgIpc) is 2.61. The lowest BCUT2D eigenvalue weighted by molar-refractivity contribution is 0.627. The molecule has 0 fully saturated rings. The zero-order valence-electron chi connectivity index (χ0n) is 8.53. The average molecular weight is 215 g/mol. The largest absolute Gasteiger partial charge is 0.383 e. The summed E-state index contributed by atoms with van der Waals surface area (Å²) in [6.07, 6.45) is 1.65. The Morgan fingerprint density at radius 3 is 3.06 bits per heavy atom. The molecule has 0 aliphatic heterocycles. The Labute approximate surface area is 90.5 Å². The molecule has 1 radical (unpaired) electrons. The highest BCUT2D eigenvalue weighted by Crippen LogP contribution is 2.27. The van der Waals surface area contributed by atoms with Crippen molar-refractivity contribution in [2.75, 3.05) is 5.73 Å². The van der Waals surface area contributed by atoms with Crippen LogP contribution in [0.3, 0.4) is 0 Å². The first-order valence-corrected chi connectivity index (χ1v) is 4.75. The molecule has 0 atom stereocenters. The molecule has 0 unspecified atom stereocenters. The van der Waals surface area contributed by atoms with Gasteiger partial charge in [-0.1, -0.05) is 0 Å². The Hall–Kier alpha value is -2.17. The summed E-state index contributed by atoms with van der Waals surface area (Å²) in [6, 6.07) is 5.40. The van der Waals surface area contributed by atoms with Crippen molar-refractivity contribution in [3.8, 4) is 0 Å². The number of nitrogens with two attached hydrogens (primary N) is 1. The predicted octanol–water partition coefficient (Wildman–Crippen LogP) is 1.64. The van der Waals surface area contributed by atoms with Crippen LogP contribution in [0, 0.1) is 11.9 Å². The highest BCUT2D eigenvalue weighted by Gasteiger charge is 2.10. The van der Waals surface area contributed by atoms with Gasteiger partial charge in [-0.05, 0) is 6.07 Å². The maximum Gasteiger partial charge on any atom is 0.135 e. The van der Waals surface area contributed by atoms with Gasteiger partial charge in [0.1, 0.15) is 11.6 Å². The molecular weight excluding hydrogens is 207 g/mol. The maximum absolute atomic E-state index is 13.0. The van der Waals surface area contributed by atoms with Crippen LogP contribution in [0.4, 0.5) is 10.2 Å². The third-order valence-corrected chi connectivity index (χ3v) is 2.60. The van der Waals surface area contributed by atoms with Gasteiger partial charge in [0, 0.05) is 24.6 Å². The highest BCUT2D eigenvalue weighted by atomic mass is 19.1. The molecule has 0 aliphatic carbocycles. The number of nitrogens with zero attached hydrogens (tertiary/aromatic N) is 3. The van der Waals surface area contributed by atoms with E-state index in [9.17, 15) is 4.39 Å². The highest BCUT2D eigenvalue weighted by molar-refractivity contribution is 6.07. The number of pyridine rings is 1. The lowest BCUT2D eigenvalue weighted by Crippen LogP contribution is -1.95. The lowest BCUT2D eigenvalue weighted by atomic mass is 10.1. The molecule has 4 nitrogen and oxygen atoms in total. The van der Waals surface area contributed by atoms with Crippen molar-refractivity contribution in [2.24, 2.45) is 7.05 Å². The van der Waals surface area contributed by atoms with E-state index in [1.807, 2.05) is 7.05 Å². The first kappa shape index (κ1) is 9.08. The van der Waals surface area contributed by atoms with Crippen LogP contribution >= 0.6 is 0 Å². The predicted molar refractivity (Wildman–Crippen MR) is 59.2 cm³/mol. The molecule has 0 spiro atoms. The maximum atomic E-state index is 13.0. The van der Waals surface area contributed by atoms with E-state index in [-0.39, 0.29) is 0 Å². The smallest absolute Gasteiger partial charge is 0.135 e. The summed E-state index contributed by atoms with van der Waals surface area (Å²) in [5.41, 5.74) is 7.15. The van der Waals surface area contributed by atoms with Crippen LogP contribution in [0.5, 0.6) is 0 Å². The molecule has 3 aromatic rings. The summed E-state index contributed by atoms with van der Waals surface area (Å²) in [6.45, 7) is 0. The van der Waals surface area contributed by atoms with Crippen molar-refractivity contribution in [2.45, 2.75) is 0 Å². The van der Waals surface area contributed by atoms with E-state index in [1.54, 1.807) is 16.9 Å². The molecule has 2 aromatic heterocycles. The van der Waals surface area contributed by atoms with E-state index in [0.717, 1.165) is 16.3 Å². The monoisotopic (exact) mass is 215 g/mol. The zero-order chi connectivity index (χ0) is 11.3. The molecular formula is C11H8FN4.